The van der Waals surface area contributed by atoms with Crippen LogP contribution in [0.1, 0.15) is 32.8 Å². The molecule has 0 bridgehead atoms. The molecule has 0 aromatic carbocycles. The van der Waals surface area contributed by atoms with E-state index in [4.69, 9.17) is 9.47 Å². The van der Waals surface area contributed by atoms with Crippen LogP contribution in [0.3, 0.4) is 0 Å². The Kier molecular flexibility index (Phi) is 7.31. The average Bonchev–Trinajstić information content (AvgIpc) is 2.45. The Labute approximate surface area is 136 Å². The molecular formula is C16H25N3O4. The quantitative estimate of drug-likeness (QED) is 0.796. The van der Waals surface area contributed by atoms with Gasteiger partial charge in [0.15, 0.2) is 0 Å². The summed E-state index contributed by atoms with van der Waals surface area (Å²) in [5.74, 6) is 0.428. The molecule has 1 aromatic heterocycles. The summed E-state index contributed by atoms with van der Waals surface area (Å²) in [5.41, 5.74) is 0.488. The Morgan fingerprint density at radius 3 is 2.61 bits per heavy atom. The molecule has 0 unspecified atom stereocenters. The fraction of sp³-hybridized carbons (Fsp3) is 0.562. The molecule has 1 rings (SSSR count). The van der Waals surface area contributed by atoms with E-state index in [1.807, 2.05) is 12.1 Å². The number of hydrogen-bond acceptors (Lipinski definition) is 5. The van der Waals surface area contributed by atoms with Crippen molar-refractivity contribution in [3.63, 3.8) is 0 Å². The van der Waals surface area contributed by atoms with E-state index < -0.39 is 11.7 Å². The van der Waals surface area contributed by atoms with E-state index in [1.165, 1.54) is 0 Å². The highest BCUT2D eigenvalue weighted by molar-refractivity contribution is 5.77. The second-order valence-corrected chi connectivity index (χ2v) is 5.99. The molecule has 7 nitrogen and oxygen atoms in total. The van der Waals surface area contributed by atoms with Gasteiger partial charge in [0.2, 0.25) is 11.8 Å². The number of carbonyl (C=O) groups is 2. The summed E-state index contributed by atoms with van der Waals surface area (Å²) in [4.78, 5) is 27.1. The topological polar surface area (TPSA) is 89.6 Å². The third-order valence-electron chi connectivity index (χ3n) is 2.76. The normalized spacial score (nSPS) is 10.8. The zero-order valence-electron chi connectivity index (χ0n) is 14.1. The van der Waals surface area contributed by atoms with Crippen molar-refractivity contribution in [3.05, 3.63) is 23.9 Å². The number of amides is 2. The lowest BCUT2D eigenvalue weighted by molar-refractivity contribution is -0.120. The van der Waals surface area contributed by atoms with Crippen molar-refractivity contribution >= 4 is 12.0 Å². The molecule has 1 heterocycles. The van der Waals surface area contributed by atoms with E-state index in [0.29, 0.717) is 18.8 Å². The number of carbonyl (C=O) groups excluding carboxylic acids is 2. The Hall–Kier alpha value is -2.31. The van der Waals surface area contributed by atoms with Crippen LogP contribution in [0.2, 0.25) is 0 Å². The molecule has 1 aromatic rings. The van der Waals surface area contributed by atoms with Crippen LogP contribution in [-0.2, 0) is 16.0 Å². The third kappa shape index (κ3) is 8.65. The van der Waals surface area contributed by atoms with Crippen LogP contribution >= 0.6 is 0 Å². The summed E-state index contributed by atoms with van der Waals surface area (Å²) in [6.45, 7) is 6.11. The van der Waals surface area contributed by atoms with Gasteiger partial charge in [0, 0.05) is 31.8 Å². The molecule has 0 spiro atoms. The molecule has 0 aliphatic carbocycles. The predicted octanol–water partition coefficient (Wildman–Crippen LogP) is 1.66. The molecule has 7 heteroatoms. The van der Waals surface area contributed by atoms with Gasteiger partial charge in [0.05, 0.1) is 7.11 Å². The first kappa shape index (κ1) is 18.7. The van der Waals surface area contributed by atoms with Gasteiger partial charge in [-0.15, -0.1) is 0 Å². The molecule has 0 saturated heterocycles. The molecule has 0 radical (unpaired) electrons. The number of pyridine rings is 1. The van der Waals surface area contributed by atoms with Crippen LogP contribution in [0.15, 0.2) is 18.3 Å². The number of nitrogens with one attached hydrogen (secondary N) is 2. The Balaban J connectivity index is 2.18. The smallest absolute Gasteiger partial charge is 0.407 e. The van der Waals surface area contributed by atoms with Crippen molar-refractivity contribution < 1.29 is 19.1 Å². The lowest BCUT2D eigenvalue weighted by Gasteiger charge is -2.19. The highest BCUT2D eigenvalue weighted by Crippen LogP contribution is 2.08. The van der Waals surface area contributed by atoms with Crippen molar-refractivity contribution in [1.29, 1.82) is 0 Å². The molecule has 128 valence electrons. The summed E-state index contributed by atoms with van der Waals surface area (Å²) < 4.78 is 10.1. The van der Waals surface area contributed by atoms with Crippen molar-refractivity contribution in [3.8, 4) is 5.88 Å². The van der Waals surface area contributed by atoms with Crippen LogP contribution in [0.25, 0.3) is 0 Å². The second kappa shape index (κ2) is 8.97. The van der Waals surface area contributed by atoms with Crippen molar-refractivity contribution in [2.75, 3.05) is 20.2 Å². The van der Waals surface area contributed by atoms with Gasteiger partial charge in [0.1, 0.15) is 5.60 Å². The Bertz CT molecular complexity index is 526. The SMILES string of the molecule is COc1cc(CCNC(=O)CCNC(=O)OC(C)(C)C)ccn1. The zero-order chi connectivity index (χ0) is 17.3. The van der Waals surface area contributed by atoms with Crippen LogP contribution < -0.4 is 15.4 Å². The Morgan fingerprint density at radius 1 is 1.22 bits per heavy atom. The largest absolute Gasteiger partial charge is 0.481 e. The van der Waals surface area contributed by atoms with Crippen LogP contribution in [0, 0.1) is 0 Å². The molecular weight excluding hydrogens is 298 g/mol. The molecule has 0 saturated carbocycles. The minimum absolute atomic E-state index is 0.123. The van der Waals surface area contributed by atoms with E-state index in [9.17, 15) is 9.59 Å². The number of rotatable bonds is 7. The van der Waals surface area contributed by atoms with Gasteiger partial charge in [-0.05, 0) is 38.8 Å². The molecule has 0 aliphatic rings. The summed E-state index contributed by atoms with van der Waals surface area (Å²) in [6.07, 6.45) is 2.04. The van der Waals surface area contributed by atoms with Gasteiger partial charge >= 0.3 is 6.09 Å². The zero-order valence-corrected chi connectivity index (χ0v) is 14.1. The number of hydrogen-bond donors (Lipinski definition) is 2. The molecule has 2 amide bonds. The van der Waals surface area contributed by atoms with E-state index in [1.54, 1.807) is 34.1 Å². The highest BCUT2D eigenvalue weighted by Gasteiger charge is 2.15. The first-order chi connectivity index (χ1) is 10.8. The van der Waals surface area contributed by atoms with Crippen molar-refractivity contribution in [1.82, 2.24) is 15.6 Å². The predicted molar refractivity (Wildman–Crippen MR) is 86.4 cm³/mol. The highest BCUT2D eigenvalue weighted by atomic mass is 16.6. The summed E-state index contributed by atoms with van der Waals surface area (Å²) in [6, 6.07) is 3.70. The lowest BCUT2D eigenvalue weighted by Crippen LogP contribution is -2.35. The van der Waals surface area contributed by atoms with Crippen LogP contribution in [0.5, 0.6) is 5.88 Å². The van der Waals surface area contributed by atoms with Gasteiger partial charge in [-0.2, -0.15) is 0 Å². The first-order valence-corrected chi connectivity index (χ1v) is 7.52. The monoisotopic (exact) mass is 323 g/mol. The third-order valence-corrected chi connectivity index (χ3v) is 2.76. The second-order valence-electron chi connectivity index (χ2n) is 5.99. The van der Waals surface area contributed by atoms with Crippen LogP contribution in [-0.4, -0.2) is 42.8 Å². The van der Waals surface area contributed by atoms with Crippen molar-refractivity contribution in [2.24, 2.45) is 0 Å². The average molecular weight is 323 g/mol. The fourth-order valence-corrected chi connectivity index (χ4v) is 1.74. The number of aromatic nitrogens is 1. The number of ether oxygens (including phenoxy) is 2. The molecule has 0 fully saturated rings. The maximum Gasteiger partial charge on any atom is 0.407 e. The van der Waals surface area contributed by atoms with E-state index in [2.05, 4.69) is 15.6 Å². The number of methoxy groups -OCH3 is 1. The molecule has 0 atom stereocenters. The molecule has 2 N–H and O–H groups in total. The minimum Gasteiger partial charge on any atom is -0.481 e. The van der Waals surface area contributed by atoms with Gasteiger partial charge in [0.25, 0.3) is 0 Å². The maximum absolute atomic E-state index is 11.7. The lowest BCUT2D eigenvalue weighted by atomic mass is 10.2. The maximum atomic E-state index is 11.7. The van der Waals surface area contributed by atoms with E-state index in [-0.39, 0.29) is 18.9 Å². The molecule has 23 heavy (non-hydrogen) atoms. The summed E-state index contributed by atoms with van der Waals surface area (Å²) >= 11 is 0. The summed E-state index contributed by atoms with van der Waals surface area (Å²) in [7, 11) is 1.56. The van der Waals surface area contributed by atoms with Crippen molar-refractivity contribution in [2.45, 2.75) is 39.2 Å². The molecule has 0 aliphatic heterocycles. The first-order valence-electron chi connectivity index (χ1n) is 7.52. The number of nitrogens with zero attached hydrogens (tertiary/aromatic N) is 1. The van der Waals surface area contributed by atoms with Gasteiger partial charge in [-0.25, -0.2) is 9.78 Å². The fourth-order valence-electron chi connectivity index (χ4n) is 1.74. The standard InChI is InChI=1S/C16H25N3O4/c1-16(2,3)23-15(21)19-10-7-13(20)17-8-5-12-6-9-18-14(11-12)22-4/h6,9,11H,5,7-8,10H2,1-4H3,(H,17,20)(H,19,21). The van der Waals surface area contributed by atoms with Gasteiger partial charge in [-0.3, -0.25) is 4.79 Å². The van der Waals surface area contributed by atoms with Crippen LogP contribution in [0.4, 0.5) is 4.79 Å². The van der Waals surface area contributed by atoms with Gasteiger partial charge in [-0.1, -0.05) is 0 Å². The minimum atomic E-state index is -0.544. The van der Waals surface area contributed by atoms with E-state index >= 15 is 0 Å². The number of alkyl carbamates (subject to hydrolysis) is 1. The van der Waals surface area contributed by atoms with E-state index in [0.717, 1.165) is 5.56 Å². The Morgan fingerprint density at radius 2 is 1.96 bits per heavy atom. The van der Waals surface area contributed by atoms with Gasteiger partial charge < -0.3 is 20.1 Å². The summed E-state index contributed by atoms with van der Waals surface area (Å²) in [5, 5.41) is 5.34.